The van der Waals surface area contributed by atoms with Gasteiger partial charge in [0.1, 0.15) is 46.1 Å². The lowest BCUT2D eigenvalue weighted by molar-refractivity contribution is -0.286. The molecule has 1 saturated carbocycles. The largest absolute Gasteiger partial charge is 0.586 e. The molecule has 3 aromatic carbocycles. The van der Waals surface area contributed by atoms with Crippen molar-refractivity contribution >= 4 is 34.3 Å². The average Bonchev–Trinajstić information content (AvgIpc) is 3.42. The van der Waals surface area contributed by atoms with E-state index in [9.17, 15) is 32.3 Å². The zero-order valence-corrected chi connectivity index (χ0v) is 28.6. The Kier molecular flexibility index (Phi) is 7.61. The molecule has 2 amide bonds. The van der Waals surface area contributed by atoms with Crippen LogP contribution < -0.4 is 30.0 Å². The van der Waals surface area contributed by atoms with Crippen LogP contribution in [0.3, 0.4) is 0 Å². The average molecular weight is 754 g/mol. The number of nitrogens with zero attached hydrogens (tertiary/aromatic N) is 3. The molecule has 53 heavy (non-hydrogen) atoms. The summed E-state index contributed by atoms with van der Waals surface area (Å²) in [6.45, 7) is 0.623. The van der Waals surface area contributed by atoms with E-state index < -0.39 is 53.0 Å². The quantitative estimate of drug-likeness (QED) is 0.167. The topological polar surface area (TPSA) is 160 Å². The second kappa shape index (κ2) is 11.7. The predicted molar refractivity (Wildman–Crippen MR) is 179 cm³/mol. The van der Waals surface area contributed by atoms with Gasteiger partial charge in [-0.1, -0.05) is 23.7 Å². The third kappa shape index (κ3) is 5.55. The number of benzene rings is 3. The Bertz CT molecular complexity index is 2390. The first-order valence-corrected chi connectivity index (χ1v) is 16.5. The Morgan fingerprint density at radius 2 is 1.89 bits per heavy atom. The Balaban J connectivity index is 1.24. The van der Waals surface area contributed by atoms with E-state index in [4.69, 9.17) is 26.8 Å². The maximum atomic E-state index is 14.8. The van der Waals surface area contributed by atoms with Gasteiger partial charge in [0.25, 0.3) is 5.91 Å². The van der Waals surface area contributed by atoms with Crippen molar-refractivity contribution in [2.45, 2.75) is 42.9 Å². The van der Waals surface area contributed by atoms with Crippen LogP contribution in [0, 0.1) is 5.82 Å². The van der Waals surface area contributed by atoms with Crippen molar-refractivity contribution in [2.75, 3.05) is 20.3 Å². The molecule has 4 heterocycles. The highest BCUT2D eigenvalue weighted by Gasteiger charge is 2.49. The minimum Gasteiger partial charge on any atom is -0.494 e. The first kappa shape index (κ1) is 34.5. The number of primary amides is 1. The second-order valence-corrected chi connectivity index (χ2v) is 13.7. The summed E-state index contributed by atoms with van der Waals surface area (Å²) >= 11 is 6.59. The summed E-state index contributed by atoms with van der Waals surface area (Å²) < 4.78 is 79.4. The molecule has 2 aliphatic heterocycles. The normalized spacial score (nSPS) is 20.0. The summed E-state index contributed by atoms with van der Waals surface area (Å²) in [4.78, 5) is 31.3. The van der Waals surface area contributed by atoms with Gasteiger partial charge >= 0.3 is 6.29 Å². The Morgan fingerprint density at radius 1 is 1.11 bits per heavy atom. The summed E-state index contributed by atoms with van der Waals surface area (Å²) in [6.07, 6.45) is -1.92. The van der Waals surface area contributed by atoms with Crippen LogP contribution in [0.5, 0.6) is 23.0 Å². The number of aliphatic hydroxyl groups is 1. The zero-order chi connectivity index (χ0) is 37.7. The Morgan fingerprint density at radius 3 is 2.58 bits per heavy atom. The number of aromatic nitrogens is 3. The number of ether oxygens (including phenoxy) is 4. The van der Waals surface area contributed by atoms with Crippen LogP contribution in [-0.2, 0) is 21.6 Å². The number of nitrogens with two attached hydrogens (primary N) is 1. The number of carbonyl (C=O) groups is 2. The molecule has 0 saturated heterocycles. The SMILES string of the molecule is COc1cc(C(=O)NC[C@@](O)(c2cccc(F)c2)c2cc3c(c(-c4ccc5c(c4Cl)OC(F)(F)O5)n2)OC[C@]3(C)C(N)=O)cc2cn(C3(F)CC3)nc12. The molecular formula is C36H28ClF4N5O7. The van der Waals surface area contributed by atoms with E-state index in [0.717, 1.165) is 12.1 Å². The summed E-state index contributed by atoms with van der Waals surface area (Å²) in [5.41, 5.74) is 2.17. The summed E-state index contributed by atoms with van der Waals surface area (Å²) in [5, 5.41) is 19.6. The molecule has 17 heteroatoms. The fourth-order valence-corrected chi connectivity index (χ4v) is 6.75. The molecule has 0 unspecified atom stereocenters. The van der Waals surface area contributed by atoms with E-state index in [-0.39, 0.29) is 62.5 Å². The van der Waals surface area contributed by atoms with Gasteiger partial charge in [-0.15, -0.1) is 8.78 Å². The first-order chi connectivity index (χ1) is 25.0. The van der Waals surface area contributed by atoms with Crippen molar-refractivity contribution < 1.29 is 51.2 Å². The van der Waals surface area contributed by atoms with Gasteiger partial charge in [-0.05, 0) is 55.0 Å². The number of rotatable bonds is 9. The number of pyridine rings is 1. The Labute approximate surface area is 302 Å². The highest BCUT2D eigenvalue weighted by molar-refractivity contribution is 6.35. The van der Waals surface area contributed by atoms with Crippen LogP contribution >= 0.6 is 11.6 Å². The molecule has 0 spiro atoms. The fraction of sp³-hybridized carbons (Fsp3) is 0.278. The lowest BCUT2D eigenvalue weighted by Crippen LogP contribution is -2.43. The number of methoxy groups -OCH3 is 1. The fourth-order valence-electron chi connectivity index (χ4n) is 6.47. The maximum Gasteiger partial charge on any atom is 0.586 e. The van der Waals surface area contributed by atoms with Gasteiger partial charge in [-0.25, -0.2) is 18.4 Å². The third-order valence-corrected chi connectivity index (χ3v) is 10.1. The molecule has 2 aromatic heterocycles. The minimum absolute atomic E-state index is 0.00799. The van der Waals surface area contributed by atoms with E-state index in [1.807, 2.05) is 0 Å². The van der Waals surface area contributed by atoms with Crippen LogP contribution in [0.15, 0.2) is 60.8 Å². The van der Waals surface area contributed by atoms with Crippen LogP contribution in [0.25, 0.3) is 22.2 Å². The van der Waals surface area contributed by atoms with E-state index in [1.54, 1.807) is 0 Å². The number of fused-ring (bicyclic) bond motifs is 3. The molecule has 12 nitrogen and oxygen atoms in total. The van der Waals surface area contributed by atoms with E-state index in [1.165, 1.54) is 67.4 Å². The van der Waals surface area contributed by atoms with Gasteiger partial charge in [0, 0.05) is 41.1 Å². The summed E-state index contributed by atoms with van der Waals surface area (Å²) in [7, 11) is 1.37. The van der Waals surface area contributed by atoms with Crippen molar-refractivity contribution in [3.8, 4) is 34.3 Å². The van der Waals surface area contributed by atoms with Crippen molar-refractivity contribution in [1.29, 1.82) is 0 Å². The smallest absolute Gasteiger partial charge is 0.494 e. The van der Waals surface area contributed by atoms with Crippen molar-refractivity contribution in [2.24, 2.45) is 5.73 Å². The molecule has 0 bridgehead atoms. The molecule has 1 fully saturated rings. The van der Waals surface area contributed by atoms with Gasteiger partial charge in [0.05, 0.1) is 24.4 Å². The monoisotopic (exact) mass is 753 g/mol. The Hall–Kier alpha value is -5.61. The standard InChI is InChI=1S/C36H28ClF4N5O7/c1-33(32(42)48)16-51-29-22(33)13-25(44-28(29)21-6-7-23-30(26(21)37)53-36(40,41)52-23)35(49,19-4-3-5-20(38)12-19)15-43-31(47)17-10-18-14-46(34(39)8-9-34)45-27(18)24(11-17)50-2/h3-7,10-14,49H,8-9,15-16H2,1-2H3,(H2,42,48)(H,43,47)/t33-,35+/m0/s1. The van der Waals surface area contributed by atoms with Gasteiger partial charge in [-0.3, -0.25) is 9.59 Å². The molecule has 8 rings (SSSR count). The predicted octanol–water partition coefficient (Wildman–Crippen LogP) is 5.44. The maximum absolute atomic E-state index is 14.8. The van der Waals surface area contributed by atoms with Crippen molar-refractivity contribution in [3.63, 3.8) is 0 Å². The molecule has 1 aliphatic carbocycles. The van der Waals surface area contributed by atoms with Gasteiger partial charge < -0.3 is 35.1 Å². The number of hydrogen-bond acceptors (Lipinski definition) is 9. The lowest BCUT2D eigenvalue weighted by Gasteiger charge is -2.30. The van der Waals surface area contributed by atoms with E-state index in [0.29, 0.717) is 23.7 Å². The molecule has 5 aromatic rings. The number of hydrogen-bond donors (Lipinski definition) is 3. The number of nitrogens with one attached hydrogen (secondary N) is 1. The molecule has 0 radical (unpaired) electrons. The van der Waals surface area contributed by atoms with Crippen LogP contribution in [0.4, 0.5) is 17.6 Å². The van der Waals surface area contributed by atoms with E-state index >= 15 is 0 Å². The number of carbonyl (C=O) groups excluding carboxylic acids is 2. The van der Waals surface area contributed by atoms with Crippen molar-refractivity contribution in [3.05, 3.63) is 94.0 Å². The van der Waals surface area contributed by atoms with Crippen LogP contribution in [0.1, 0.15) is 46.9 Å². The number of alkyl halides is 3. The molecule has 3 aliphatic rings. The molecular weight excluding hydrogens is 726 g/mol. The highest BCUT2D eigenvalue weighted by Crippen LogP contribution is 2.53. The van der Waals surface area contributed by atoms with Gasteiger partial charge in [0.15, 0.2) is 11.5 Å². The molecule has 274 valence electrons. The van der Waals surface area contributed by atoms with Crippen molar-refractivity contribution in [1.82, 2.24) is 20.1 Å². The second-order valence-electron chi connectivity index (χ2n) is 13.3. The first-order valence-electron chi connectivity index (χ1n) is 16.2. The zero-order valence-electron chi connectivity index (χ0n) is 27.8. The number of halogens is 5. The molecule has 2 atom stereocenters. The number of amides is 2. The third-order valence-electron chi connectivity index (χ3n) is 9.74. The van der Waals surface area contributed by atoms with E-state index in [2.05, 4.69) is 24.9 Å². The summed E-state index contributed by atoms with van der Waals surface area (Å²) in [5.74, 6) is -4.48. The summed E-state index contributed by atoms with van der Waals surface area (Å²) in [6, 6.07) is 11.6. The van der Waals surface area contributed by atoms with Crippen LogP contribution in [-0.4, -0.2) is 58.2 Å². The van der Waals surface area contributed by atoms with Gasteiger partial charge in [-0.2, -0.15) is 5.10 Å². The lowest BCUT2D eigenvalue weighted by atomic mass is 9.80. The minimum atomic E-state index is -4.00. The molecule has 4 N–H and O–H groups in total. The van der Waals surface area contributed by atoms with Crippen LogP contribution in [0.2, 0.25) is 5.02 Å². The van der Waals surface area contributed by atoms with Gasteiger partial charge in [0.2, 0.25) is 11.7 Å². The highest BCUT2D eigenvalue weighted by atomic mass is 35.5.